The van der Waals surface area contributed by atoms with E-state index in [9.17, 15) is 9.90 Å². The quantitative estimate of drug-likeness (QED) is 0.891. The molecule has 1 fully saturated rings. The molecule has 0 radical (unpaired) electrons. The third-order valence-electron chi connectivity index (χ3n) is 3.72. The Morgan fingerprint density at radius 3 is 2.67 bits per heavy atom. The van der Waals surface area contributed by atoms with Crippen LogP contribution < -0.4 is 5.43 Å². The number of carbonyl (C=O) groups is 1. The van der Waals surface area contributed by atoms with E-state index in [1.165, 1.54) is 0 Å². The van der Waals surface area contributed by atoms with Crippen molar-refractivity contribution in [2.45, 2.75) is 0 Å². The lowest BCUT2D eigenvalue weighted by atomic mass is 10.1. The fraction of sp³-hybridized carbons (Fsp3) is 0.333. The highest BCUT2D eigenvalue weighted by Gasteiger charge is 2.18. The van der Waals surface area contributed by atoms with Crippen LogP contribution in [0.4, 0.5) is 5.82 Å². The Hall–Kier alpha value is -2.18. The SMILES string of the molecule is CN1CCN(Nc2nc3ccccc3cc2C(=O)O)CC1. The predicted octanol–water partition coefficient (Wildman–Crippen LogP) is 1.51. The monoisotopic (exact) mass is 286 g/mol. The molecule has 0 bridgehead atoms. The Morgan fingerprint density at radius 2 is 1.95 bits per heavy atom. The van der Waals surface area contributed by atoms with Crippen LogP contribution in [0.1, 0.15) is 10.4 Å². The number of pyridine rings is 1. The van der Waals surface area contributed by atoms with Gasteiger partial charge in [0.1, 0.15) is 5.56 Å². The molecule has 21 heavy (non-hydrogen) atoms. The molecule has 0 saturated carbocycles. The van der Waals surface area contributed by atoms with Gasteiger partial charge in [0.15, 0.2) is 5.82 Å². The summed E-state index contributed by atoms with van der Waals surface area (Å²) in [6.45, 7) is 3.57. The number of nitrogens with one attached hydrogen (secondary N) is 1. The molecule has 6 nitrogen and oxygen atoms in total. The van der Waals surface area contributed by atoms with Gasteiger partial charge in [-0.3, -0.25) is 0 Å². The highest BCUT2D eigenvalue weighted by atomic mass is 16.4. The van der Waals surface area contributed by atoms with Gasteiger partial charge in [0, 0.05) is 31.6 Å². The number of rotatable bonds is 3. The number of benzene rings is 1. The number of carboxylic acid groups (broad SMARTS) is 1. The average molecular weight is 286 g/mol. The van der Waals surface area contributed by atoms with E-state index in [2.05, 4.69) is 22.4 Å². The van der Waals surface area contributed by atoms with Crippen LogP contribution in [-0.2, 0) is 0 Å². The molecule has 1 aromatic carbocycles. The standard InChI is InChI=1S/C15H18N4O2/c1-18-6-8-19(9-7-18)17-14-12(15(20)21)10-11-4-2-3-5-13(11)16-14/h2-5,10H,6-9H2,1H3,(H,16,17)(H,20,21). The molecule has 3 rings (SSSR count). The van der Waals surface area contributed by atoms with Gasteiger partial charge in [0.25, 0.3) is 0 Å². The third kappa shape index (κ3) is 2.96. The molecular formula is C15H18N4O2. The molecule has 2 heterocycles. The van der Waals surface area contributed by atoms with Gasteiger partial charge in [-0.25, -0.2) is 14.8 Å². The van der Waals surface area contributed by atoms with Gasteiger partial charge >= 0.3 is 5.97 Å². The van der Waals surface area contributed by atoms with Gasteiger partial charge in [0.2, 0.25) is 0 Å². The first-order valence-electron chi connectivity index (χ1n) is 6.97. The number of fused-ring (bicyclic) bond motifs is 1. The lowest BCUT2D eigenvalue weighted by Crippen LogP contribution is -2.47. The first-order chi connectivity index (χ1) is 10.1. The Morgan fingerprint density at radius 1 is 1.24 bits per heavy atom. The number of hydrazine groups is 1. The lowest BCUT2D eigenvalue weighted by Gasteiger charge is -2.33. The molecule has 1 aliphatic heterocycles. The van der Waals surface area contributed by atoms with Crippen LogP contribution in [0.5, 0.6) is 0 Å². The molecule has 0 atom stereocenters. The van der Waals surface area contributed by atoms with E-state index in [0.29, 0.717) is 5.82 Å². The highest BCUT2D eigenvalue weighted by molar-refractivity contribution is 5.97. The molecule has 0 unspecified atom stereocenters. The smallest absolute Gasteiger partial charge is 0.339 e. The van der Waals surface area contributed by atoms with Crippen molar-refractivity contribution in [2.75, 3.05) is 38.7 Å². The molecule has 0 spiro atoms. The van der Waals surface area contributed by atoms with Crippen LogP contribution >= 0.6 is 0 Å². The van der Waals surface area contributed by atoms with Crippen LogP contribution in [0.25, 0.3) is 10.9 Å². The van der Waals surface area contributed by atoms with Gasteiger partial charge in [-0.1, -0.05) is 18.2 Å². The maximum Gasteiger partial charge on any atom is 0.339 e. The summed E-state index contributed by atoms with van der Waals surface area (Å²) in [7, 11) is 2.08. The zero-order chi connectivity index (χ0) is 14.8. The number of aromatic carboxylic acids is 1. The summed E-state index contributed by atoms with van der Waals surface area (Å²) in [6.07, 6.45) is 0. The number of hydrogen-bond donors (Lipinski definition) is 2. The number of anilines is 1. The van der Waals surface area contributed by atoms with Crippen molar-refractivity contribution < 1.29 is 9.90 Å². The number of nitrogens with zero attached hydrogens (tertiary/aromatic N) is 3. The zero-order valence-corrected chi connectivity index (χ0v) is 11.9. The van der Waals surface area contributed by atoms with Crippen molar-refractivity contribution in [1.29, 1.82) is 0 Å². The minimum absolute atomic E-state index is 0.202. The normalized spacial score (nSPS) is 17.0. The number of hydrogen-bond acceptors (Lipinski definition) is 5. The zero-order valence-electron chi connectivity index (χ0n) is 11.9. The minimum Gasteiger partial charge on any atom is -0.478 e. The molecule has 1 aromatic heterocycles. The summed E-state index contributed by atoms with van der Waals surface area (Å²) in [5, 5.41) is 12.2. The Balaban J connectivity index is 1.92. The molecule has 6 heteroatoms. The largest absolute Gasteiger partial charge is 0.478 e. The molecule has 110 valence electrons. The molecule has 0 amide bonds. The molecule has 2 aromatic rings. The molecule has 1 saturated heterocycles. The van der Waals surface area contributed by atoms with E-state index in [1.807, 2.05) is 29.3 Å². The topological polar surface area (TPSA) is 68.7 Å². The second-order valence-corrected chi connectivity index (χ2v) is 5.28. The number of likely N-dealkylation sites (N-methyl/N-ethyl adjacent to an activating group) is 1. The van der Waals surface area contributed by atoms with E-state index in [4.69, 9.17) is 0 Å². The van der Waals surface area contributed by atoms with E-state index in [-0.39, 0.29) is 5.56 Å². The second kappa shape index (κ2) is 5.67. The van der Waals surface area contributed by atoms with Crippen molar-refractivity contribution in [3.63, 3.8) is 0 Å². The number of para-hydroxylation sites is 1. The predicted molar refractivity (Wildman–Crippen MR) is 81.4 cm³/mol. The first-order valence-corrected chi connectivity index (χ1v) is 6.97. The van der Waals surface area contributed by atoms with Gasteiger partial charge in [-0.2, -0.15) is 0 Å². The first kappa shape index (κ1) is 13.8. The van der Waals surface area contributed by atoms with Crippen molar-refractivity contribution in [2.24, 2.45) is 0 Å². The Bertz CT molecular complexity index is 666. The van der Waals surface area contributed by atoms with Crippen molar-refractivity contribution >= 4 is 22.7 Å². The van der Waals surface area contributed by atoms with Crippen LogP contribution in [0.15, 0.2) is 30.3 Å². The van der Waals surface area contributed by atoms with Crippen LogP contribution in [-0.4, -0.2) is 59.2 Å². The van der Waals surface area contributed by atoms with Crippen molar-refractivity contribution in [3.05, 3.63) is 35.9 Å². The van der Waals surface area contributed by atoms with Gasteiger partial charge in [-0.05, 0) is 19.2 Å². The summed E-state index contributed by atoms with van der Waals surface area (Å²) in [6, 6.07) is 9.20. The van der Waals surface area contributed by atoms with Gasteiger partial charge < -0.3 is 15.4 Å². The Labute approximate surface area is 123 Å². The maximum absolute atomic E-state index is 11.5. The molecule has 1 aliphatic rings. The van der Waals surface area contributed by atoms with Crippen LogP contribution in [0.3, 0.4) is 0 Å². The van der Waals surface area contributed by atoms with E-state index in [0.717, 1.165) is 37.1 Å². The second-order valence-electron chi connectivity index (χ2n) is 5.28. The summed E-state index contributed by atoms with van der Waals surface area (Å²) >= 11 is 0. The van der Waals surface area contributed by atoms with E-state index in [1.54, 1.807) is 6.07 Å². The fourth-order valence-electron chi connectivity index (χ4n) is 2.43. The summed E-state index contributed by atoms with van der Waals surface area (Å²) in [5.41, 5.74) is 4.15. The van der Waals surface area contributed by atoms with Crippen molar-refractivity contribution in [3.8, 4) is 0 Å². The van der Waals surface area contributed by atoms with Crippen LogP contribution in [0.2, 0.25) is 0 Å². The molecule has 0 aliphatic carbocycles. The van der Waals surface area contributed by atoms with E-state index < -0.39 is 5.97 Å². The summed E-state index contributed by atoms with van der Waals surface area (Å²) in [4.78, 5) is 18.2. The third-order valence-corrected chi connectivity index (χ3v) is 3.72. The number of carboxylic acids is 1. The Kier molecular flexibility index (Phi) is 3.72. The summed E-state index contributed by atoms with van der Waals surface area (Å²) in [5.74, 6) is -0.560. The van der Waals surface area contributed by atoms with Gasteiger partial charge in [0.05, 0.1) is 5.52 Å². The van der Waals surface area contributed by atoms with Crippen molar-refractivity contribution in [1.82, 2.24) is 14.9 Å². The number of aromatic nitrogens is 1. The van der Waals surface area contributed by atoms with Gasteiger partial charge in [-0.15, -0.1) is 0 Å². The minimum atomic E-state index is -0.968. The number of piperazine rings is 1. The van der Waals surface area contributed by atoms with E-state index >= 15 is 0 Å². The lowest BCUT2D eigenvalue weighted by molar-refractivity contribution is 0.0697. The molecular weight excluding hydrogens is 268 g/mol. The highest BCUT2D eigenvalue weighted by Crippen LogP contribution is 2.21. The van der Waals surface area contributed by atoms with Crippen LogP contribution in [0, 0.1) is 0 Å². The average Bonchev–Trinajstić information content (AvgIpc) is 2.48. The maximum atomic E-state index is 11.5. The fourth-order valence-corrected chi connectivity index (χ4v) is 2.43. The molecule has 2 N–H and O–H groups in total. The summed E-state index contributed by atoms with van der Waals surface area (Å²) < 4.78 is 0.